The van der Waals surface area contributed by atoms with E-state index in [0.29, 0.717) is 6.54 Å². The van der Waals surface area contributed by atoms with Gasteiger partial charge in [-0.05, 0) is 33.8 Å². The Morgan fingerprint density at radius 3 is 2.47 bits per heavy atom. The summed E-state index contributed by atoms with van der Waals surface area (Å²) in [5.74, 6) is -0.00255. The first-order valence-corrected chi connectivity index (χ1v) is 6.77. The number of benzene rings is 1. The fourth-order valence-electron chi connectivity index (χ4n) is 2.04. The lowest BCUT2D eigenvalue weighted by molar-refractivity contribution is -0.120. The van der Waals surface area contributed by atoms with E-state index in [4.69, 9.17) is 0 Å². The van der Waals surface area contributed by atoms with Gasteiger partial charge in [0.05, 0.1) is 12.6 Å². The molecule has 4 nitrogen and oxygen atoms in total. The van der Waals surface area contributed by atoms with E-state index >= 15 is 0 Å². The van der Waals surface area contributed by atoms with Crippen molar-refractivity contribution in [1.82, 2.24) is 5.32 Å². The van der Waals surface area contributed by atoms with Crippen molar-refractivity contribution in [1.29, 1.82) is 0 Å². The van der Waals surface area contributed by atoms with Crippen molar-refractivity contribution in [2.24, 2.45) is 0 Å². The first-order valence-electron chi connectivity index (χ1n) is 6.77. The lowest BCUT2D eigenvalue weighted by atomic mass is 10.1. The van der Waals surface area contributed by atoms with Crippen LogP contribution >= 0.6 is 0 Å². The Labute approximate surface area is 115 Å². The van der Waals surface area contributed by atoms with Crippen molar-refractivity contribution in [3.8, 4) is 0 Å². The normalized spacial score (nSPS) is 12.3. The number of nitrogens with one attached hydrogen (secondary N) is 1. The molecule has 0 radical (unpaired) electrons. The van der Waals surface area contributed by atoms with E-state index in [1.54, 1.807) is 6.92 Å². The molecule has 1 atom stereocenters. The fraction of sp³-hybridized carbons (Fsp3) is 0.533. The van der Waals surface area contributed by atoms with Crippen LogP contribution in [0.1, 0.15) is 39.4 Å². The zero-order valence-corrected chi connectivity index (χ0v) is 12.2. The number of amides is 1. The third-order valence-corrected chi connectivity index (χ3v) is 2.89. The van der Waals surface area contributed by atoms with Crippen LogP contribution in [0.25, 0.3) is 0 Å². The van der Waals surface area contributed by atoms with Crippen molar-refractivity contribution in [3.63, 3.8) is 0 Å². The predicted molar refractivity (Wildman–Crippen MR) is 78.2 cm³/mol. The van der Waals surface area contributed by atoms with Crippen LogP contribution in [-0.4, -0.2) is 30.1 Å². The molecular weight excluding hydrogens is 240 g/mol. The van der Waals surface area contributed by atoms with Gasteiger partial charge in [-0.15, -0.1) is 0 Å². The smallest absolute Gasteiger partial charge is 0.239 e. The van der Waals surface area contributed by atoms with Gasteiger partial charge in [-0.25, -0.2) is 0 Å². The third-order valence-electron chi connectivity index (χ3n) is 2.89. The Morgan fingerprint density at radius 1 is 1.32 bits per heavy atom. The molecule has 0 aliphatic rings. The van der Waals surface area contributed by atoms with Crippen LogP contribution in [0.15, 0.2) is 24.3 Å². The van der Waals surface area contributed by atoms with E-state index in [0.717, 1.165) is 17.8 Å². The molecule has 0 aliphatic carbocycles. The van der Waals surface area contributed by atoms with Gasteiger partial charge in [0.2, 0.25) is 5.91 Å². The number of aliphatic hydroxyl groups excluding tert-OH is 1. The standard InChI is InChI=1S/C15H24N2O2/c1-5-17(10-15(19)16-11(2)3)14-9-7-6-8-13(14)12(4)18/h6-9,11-12,18H,5,10H2,1-4H3,(H,16,19). The molecule has 19 heavy (non-hydrogen) atoms. The van der Waals surface area contributed by atoms with E-state index in [9.17, 15) is 9.90 Å². The largest absolute Gasteiger partial charge is 0.389 e. The Morgan fingerprint density at radius 2 is 1.95 bits per heavy atom. The van der Waals surface area contributed by atoms with Crippen LogP contribution in [0.3, 0.4) is 0 Å². The van der Waals surface area contributed by atoms with Crippen molar-refractivity contribution in [2.75, 3.05) is 18.0 Å². The molecule has 0 bridgehead atoms. The molecule has 0 saturated heterocycles. The van der Waals surface area contributed by atoms with Crippen molar-refractivity contribution in [2.45, 2.75) is 39.8 Å². The Hall–Kier alpha value is -1.55. The number of hydrogen-bond acceptors (Lipinski definition) is 3. The Bertz CT molecular complexity index is 416. The number of para-hydroxylation sites is 1. The quantitative estimate of drug-likeness (QED) is 0.827. The summed E-state index contributed by atoms with van der Waals surface area (Å²) in [6, 6.07) is 7.79. The lowest BCUT2D eigenvalue weighted by Gasteiger charge is -2.26. The number of aliphatic hydroxyl groups is 1. The molecule has 0 saturated carbocycles. The van der Waals surface area contributed by atoms with Gasteiger partial charge in [-0.3, -0.25) is 4.79 Å². The highest BCUT2D eigenvalue weighted by atomic mass is 16.3. The second kappa shape index (κ2) is 7.14. The number of hydrogen-bond donors (Lipinski definition) is 2. The van der Waals surface area contributed by atoms with E-state index in [2.05, 4.69) is 5.32 Å². The second-order valence-corrected chi connectivity index (χ2v) is 4.97. The lowest BCUT2D eigenvalue weighted by Crippen LogP contribution is -2.40. The SMILES string of the molecule is CCN(CC(=O)NC(C)C)c1ccccc1C(C)O. The molecule has 1 amide bonds. The number of carbonyl (C=O) groups is 1. The van der Waals surface area contributed by atoms with Gasteiger partial charge >= 0.3 is 0 Å². The molecule has 1 rings (SSSR count). The highest BCUT2D eigenvalue weighted by molar-refractivity contribution is 5.81. The molecule has 106 valence electrons. The summed E-state index contributed by atoms with van der Waals surface area (Å²) in [5, 5.41) is 12.7. The minimum atomic E-state index is -0.543. The maximum absolute atomic E-state index is 11.9. The van der Waals surface area contributed by atoms with Crippen molar-refractivity contribution in [3.05, 3.63) is 29.8 Å². The molecular formula is C15H24N2O2. The van der Waals surface area contributed by atoms with Crippen molar-refractivity contribution >= 4 is 11.6 Å². The average molecular weight is 264 g/mol. The fourth-order valence-corrected chi connectivity index (χ4v) is 2.04. The van der Waals surface area contributed by atoms with Gasteiger partial charge in [0.1, 0.15) is 0 Å². The minimum absolute atomic E-state index is 0.00255. The van der Waals surface area contributed by atoms with E-state index < -0.39 is 6.10 Å². The van der Waals surface area contributed by atoms with Gasteiger partial charge in [0, 0.05) is 23.8 Å². The van der Waals surface area contributed by atoms with Crippen LogP contribution in [-0.2, 0) is 4.79 Å². The summed E-state index contributed by atoms with van der Waals surface area (Å²) in [6.45, 7) is 8.64. The molecule has 0 aliphatic heterocycles. The molecule has 1 aromatic carbocycles. The molecule has 0 fully saturated rings. The molecule has 0 aromatic heterocycles. The summed E-state index contributed by atoms with van der Waals surface area (Å²) < 4.78 is 0. The van der Waals surface area contributed by atoms with Crippen molar-refractivity contribution < 1.29 is 9.90 Å². The number of nitrogens with zero attached hydrogens (tertiary/aromatic N) is 1. The molecule has 0 heterocycles. The Balaban J connectivity index is 2.88. The maximum atomic E-state index is 11.9. The third kappa shape index (κ3) is 4.56. The van der Waals surface area contributed by atoms with Gasteiger partial charge < -0.3 is 15.3 Å². The van der Waals surface area contributed by atoms with E-state index in [1.165, 1.54) is 0 Å². The van der Waals surface area contributed by atoms with Crippen LogP contribution in [0.5, 0.6) is 0 Å². The molecule has 2 N–H and O–H groups in total. The average Bonchev–Trinajstić information content (AvgIpc) is 2.35. The minimum Gasteiger partial charge on any atom is -0.389 e. The topological polar surface area (TPSA) is 52.6 Å². The summed E-state index contributed by atoms with van der Waals surface area (Å²) in [7, 11) is 0. The number of anilines is 1. The van der Waals surface area contributed by atoms with E-state index in [1.807, 2.05) is 49.9 Å². The monoisotopic (exact) mass is 264 g/mol. The first kappa shape index (κ1) is 15.5. The highest BCUT2D eigenvalue weighted by Crippen LogP contribution is 2.25. The summed E-state index contributed by atoms with van der Waals surface area (Å²) in [5.41, 5.74) is 1.76. The van der Waals surface area contributed by atoms with Crippen LogP contribution < -0.4 is 10.2 Å². The van der Waals surface area contributed by atoms with Crippen LogP contribution in [0.4, 0.5) is 5.69 Å². The predicted octanol–water partition coefficient (Wildman–Crippen LogP) is 2.09. The van der Waals surface area contributed by atoms with Gasteiger partial charge in [0.25, 0.3) is 0 Å². The molecule has 4 heteroatoms. The van der Waals surface area contributed by atoms with Gasteiger partial charge in [0.15, 0.2) is 0 Å². The van der Waals surface area contributed by atoms with Gasteiger partial charge in [-0.1, -0.05) is 18.2 Å². The number of rotatable bonds is 6. The second-order valence-electron chi connectivity index (χ2n) is 4.97. The number of carbonyl (C=O) groups excluding carboxylic acids is 1. The molecule has 1 unspecified atom stereocenters. The summed E-state index contributed by atoms with van der Waals surface area (Å²) >= 11 is 0. The Kier molecular flexibility index (Phi) is 5.83. The zero-order valence-electron chi connectivity index (χ0n) is 12.2. The summed E-state index contributed by atoms with van der Waals surface area (Å²) in [4.78, 5) is 13.8. The highest BCUT2D eigenvalue weighted by Gasteiger charge is 2.15. The maximum Gasteiger partial charge on any atom is 0.239 e. The number of likely N-dealkylation sites (N-methyl/N-ethyl adjacent to an activating group) is 1. The molecule has 1 aromatic rings. The zero-order chi connectivity index (χ0) is 14.4. The van der Waals surface area contributed by atoms with E-state index in [-0.39, 0.29) is 11.9 Å². The summed E-state index contributed by atoms with van der Waals surface area (Å²) in [6.07, 6.45) is -0.543. The first-order chi connectivity index (χ1) is 8.95. The van der Waals surface area contributed by atoms with Crippen LogP contribution in [0, 0.1) is 0 Å². The van der Waals surface area contributed by atoms with Crippen LogP contribution in [0.2, 0.25) is 0 Å². The molecule has 0 spiro atoms. The van der Waals surface area contributed by atoms with Gasteiger partial charge in [-0.2, -0.15) is 0 Å².